The molecule has 1 aromatic rings. The lowest BCUT2D eigenvalue weighted by molar-refractivity contribution is -0.119. The van der Waals surface area contributed by atoms with E-state index >= 15 is 0 Å². The third-order valence-corrected chi connectivity index (χ3v) is 2.00. The summed E-state index contributed by atoms with van der Waals surface area (Å²) in [6, 6.07) is 6.78. The van der Waals surface area contributed by atoms with Gasteiger partial charge in [0.15, 0.2) is 0 Å². The topological polar surface area (TPSA) is 75.3 Å². The normalized spacial score (nSPS) is 12.1. The molecular formula is C10H14N2O2. The number of nitrogens with one attached hydrogen (secondary N) is 1. The van der Waals surface area contributed by atoms with Gasteiger partial charge in [-0.1, -0.05) is 18.2 Å². The second-order valence-electron chi connectivity index (χ2n) is 3.10. The highest BCUT2D eigenvalue weighted by atomic mass is 16.3. The fraction of sp³-hybridized carbons (Fsp3) is 0.300. The molecule has 1 unspecified atom stereocenters. The van der Waals surface area contributed by atoms with Gasteiger partial charge in [-0.15, -0.1) is 0 Å². The summed E-state index contributed by atoms with van der Waals surface area (Å²) >= 11 is 0. The largest absolute Gasteiger partial charge is 0.394 e. The third kappa shape index (κ3) is 2.47. The van der Waals surface area contributed by atoms with E-state index in [-0.39, 0.29) is 6.61 Å². The highest BCUT2D eigenvalue weighted by molar-refractivity contribution is 5.83. The molecule has 14 heavy (non-hydrogen) atoms. The first kappa shape index (κ1) is 10.5. The maximum absolute atomic E-state index is 10.8. The quantitative estimate of drug-likeness (QED) is 0.643. The van der Waals surface area contributed by atoms with Crippen molar-refractivity contribution in [3.63, 3.8) is 0 Å². The van der Waals surface area contributed by atoms with Crippen molar-refractivity contribution in [3.8, 4) is 0 Å². The Balaban J connectivity index is 2.77. The number of nitrogens with two attached hydrogens (primary N) is 1. The van der Waals surface area contributed by atoms with Gasteiger partial charge in [0.05, 0.1) is 6.61 Å². The maximum atomic E-state index is 10.8. The molecule has 4 nitrogen and oxygen atoms in total. The van der Waals surface area contributed by atoms with Crippen LogP contribution in [-0.2, 0) is 4.79 Å². The summed E-state index contributed by atoms with van der Waals surface area (Å²) in [5, 5.41) is 11.8. The van der Waals surface area contributed by atoms with E-state index in [2.05, 4.69) is 5.32 Å². The number of hydrogen-bond acceptors (Lipinski definition) is 3. The number of aliphatic hydroxyl groups excluding tert-OH is 1. The molecule has 4 N–H and O–H groups in total. The second-order valence-corrected chi connectivity index (χ2v) is 3.10. The summed E-state index contributed by atoms with van der Waals surface area (Å²) in [5.74, 6) is -0.559. The molecule has 1 rings (SSSR count). The van der Waals surface area contributed by atoms with Gasteiger partial charge >= 0.3 is 0 Å². The van der Waals surface area contributed by atoms with Gasteiger partial charge in [-0.05, 0) is 18.6 Å². The molecule has 0 heterocycles. The molecule has 1 aromatic carbocycles. The minimum absolute atomic E-state index is 0.302. The van der Waals surface area contributed by atoms with E-state index < -0.39 is 11.9 Å². The first-order valence-corrected chi connectivity index (χ1v) is 4.37. The number of carbonyl (C=O) groups is 1. The lowest BCUT2D eigenvalue weighted by atomic mass is 10.2. The highest BCUT2D eigenvalue weighted by Gasteiger charge is 2.13. The molecule has 0 fully saturated rings. The van der Waals surface area contributed by atoms with E-state index in [1.807, 2.05) is 31.2 Å². The van der Waals surface area contributed by atoms with Crippen LogP contribution in [0.2, 0.25) is 0 Å². The van der Waals surface area contributed by atoms with Crippen LogP contribution < -0.4 is 11.1 Å². The average Bonchev–Trinajstić information content (AvgIpc) is 2.16. The molecule has 0 aromatic heterocycles. The zero-order valence-electron chi connectivity index (χ0n) is 8.03. The van der Waals surface area contributed by atoms with Gasteiger partial charge in [0.1, 0.15) is 6.04 Å². The Labute approximate surface area is 82.7 Å². The Bertz CT molecular complexity index is 326. The van der Waals surface area contributed by atoms with Gasteiger partial charge in [-0.25, -0.2) is 0 Å². The summed E-state index contributed by atoms with van der Waals surface area (Å²) in [6.07, 6.45) is 0. The van der Waals surface area contributed by atoms with Crippen molar-refractivity contribution in [2.75, 3.05) is 11.9 Å². The van der Waals surface area contributed by atoms with Gasteiger partial charge in [0.2, 0.25) is 5.91 Å². The van der Waals surface area contributed by atoms with Gasteiger partial charge in [0, 0.05) is 5.69 Å². The molecule has 0 saturated carbocycles. The minimum atomic E-state index is -0.726. The van der Waals surface area contributed by atoms with Crippen LogP contribution in [0.4, 0.5) is 5.69 Å². The molecule has 0 aliphatic carbocycles. The molecule has 0 spiro atoms. The van der Waals surface area contributed by atoms with Crippen LogP contribution in [0.3, 0.4) is 0 Å². The van der Waals surface area contributed by atoms with Crippen molar-refractivity contribution in [1.29, 1.82) is 0 Å². The molecule has 0 radical (unpaired) electrons. The predicted molar refractivity (Wildman–Crippen MR) is 54.9 cm³/mol. The molecule has 0 saturated heterocycles. The molecular weight excluding hydrogens is 180 g/mol. The van der Waals surface area contributed by atoms with Gasteiger partial charge in [-0.3, -0.25) is 4.79 Å². The summed E-state index contributed by atoms with van der Waals surface area (Å²) in [4.78, 5) is 10.8. The number of amides is 1. The number of aryl methyl sites for hydroxylation is 1. The molecule has 76 valence electrons. The summed E-state index contributed by atoms with van der Waals surface area (Å²) in [6.45, 7) is 1.61. The van der Waals surface area contributed by atoms with Crippen molar-refractivity contribution < 1.29 is 9.90 Å². The summed E-state index contributed by atoms with van der Waals surface area (Å²) in [5.41, 5.74) is 6.90. The van der Waals surface area contributed by atoms with Crippen LogP contribution in [0.1, 0.15) is 5.56 Å². The number of hydrogen-bond donors (Lipinski definition) is 3. The standard InChI is InChI=1S/C10H14N2O2/c1-7-4-2-3-5-8(7)12-9(6-13)10(11)14/h2-5,9,12-13H,6H2,1H3,(H2,11,14). The zero-order chi connectivity index (χ0) is 10.6. The Morgan fingerprint density at radius 2 is 2.21 bits per heavy atom. The first-order chi connectivity index (χ1) is 6.65. The number of carbonyl (C=O) groups excluding carboxylic acids is 1. The SMILES string of the molecule is Cc1ccccc1NC(CO)C(N)=O. The van der Waals surface area contributed by atoms with Crippen LogP contribution >= 0.6 is 0 Å². The monoisotopic (exact) mass is 194 g/mol. The lowest BCUT2D eigenvalue weighted by Gasteiger charge is -2.15. The summed E-state index contributed by atoms with van der Waals surface area (Å²) < 4.78 is 0. The number of rotatable bonds is 4. The van der Waals surface area contributed by atoms with E-state index in [4.69, 9.17) is 10.8 Å². The van der Waals surface area contributed by atoms with Crippen molar-refractivity contribution >= 4 is 11.6 Å². The molecule has 0 aliphatic rings. The number of anilines is 1. The summed E-state index contributed by atoms with van der Waals surface area (Å²) in [7, 11) is 0. The molecule has 0 aliphatic heterocycles. The predicted octanol–water partition coefficient (Wildman–Crippen LogP) is 0.253. The van der Waals surface area contributed by atoms with Crippen LogP contribution in [0.5, 0.6) is 0 Å². The smallest absolute Gasteiger partial charge is 0.242 e. The minimum Gasteiger partial charge on any atom is -0.394 e. The molecule has 4 heteroatoms. The van der Waals surface area contributed by atoms with Gasteiger partial charge in [0.25, 0.3) is 0 Å². The van der Waals surface area contributed by atoms with E-state index in [1.54, 1.807) is 0 Å². The Kier molecular flexibility index (Phi) is 3.48. The number of para-hydroxylation sites is 1. The van der Waals surface area contributed by atoms with Crippen molar-refractivity contribution in [2.45, 2.75) is 13.0 Å². The lowest BCUT2D eigenvalue weighted by Crippen LogP contribution is -2.38. The molecule has 1 atom stereocenters. The van der Waals surface area contributed by atoms with E-state index in [0.29, 0.717) is 0 Å². The zero-order valence-corrected chi connectivity index (χ0v) is 8.03. The van der Waals surface area contributed by atoms with Crippen LogP contribution in [-0.4, -0.2) is 23.7 Å². The number of benzene rings is 1. The molecule has 0 bridgehead atoms. The second kappa shape index (κ2) is 4.62. The van der Waals surface area contributed by atoms with E-state index in [9.17, 15) is 4.79 Å². The first-order valence-electron chi connectivity index (χ1n) is 4.37. The van der Waals surface area contributed by atoms with E-state index in [1.165, 1.54) is 0 Å². The van der Waals surface area contributed by atoms with E-state index in [0.717, 1.165) is 11.3 Å². The van der Waals surface area contributed by atoms with Gasteiger partial charge < -0.3 is 16.2 Å². The number of aliphatic hydroxyl groups is 1. The van der Waals surface area contributed by atoms with Crippen LogP contribution in [0.25, 0.3) is 0 Å². The Morgan fingerprint density at radius 1 is 1.57 bits per heavy atom. The Morgan fingerprint density at radius 3 is 2.71 bits per heavy atom. The fourth-order valence-corrected chi connectivity index (χ4v) is 1.13. The maximum Gasteiger partial charge on any atom is 0.242 e. The van der Waals surface area contributed by atoms with Crippen molar-refractivity contribution in [2.24, 2.45) is 5.73 Å². The average molecular weight is 194 g/mol. The number of primary amides is 1. The third-order valence-electron chi connectivity index (χ3n) is 2.00. The Hall–Kier alpha value is -1.55. The van der Waals surface area contributed by atoms with Crippen LogP contribution in [0, 0.1) is 6.92 Å². The van der Waals surface area contributed by atoms with Gasteiger partial charge in [-0.2, -0.15) is 0 Å². The van der Waals surface area contributed by atoms with Crippen LogP contribution in [0.15, 0.2) is 24.3 Å². The highest BCUT2D eigenvalue weighted by Crippen LogP contribution is 2.13. The van der Waals surface area contributed by atoms with Crippen molar-refractivity contribution in [1.82, 2.24) is 0 Å². The molecule has 1 amide bonds. The van der Waals surface area contributed by atoms with Crippen molar-refractivity contribution in [3.05, 3.63) is 29.8 Å². The fourth-order valence-electron chi connectivity index (χ4n) is 1.13.